The fraction of sp³-hybridized carbons (Fsp3) is 0.214. The Labute approximate surface area is 110 Å². The Morgan fingerprint density at radius 3 is 2.68 bits per heavy atom. The third-order valence-corrected chi connectivity index (χ3v) is 2.57. The lowest BCUT2D eigenvalue weighted by molar-refractivity contribution is -0.137. The molecule has 0 spiro atoms. The van der Waals surface area contributed by atoms with Crippen molar-refractivity contribution in [2.45, 2.75) is 13.8 Å². The van der Waals surface area contributed by atoms with Crippen molar-refractivity contribution in [2.24, 2.45) is 0 Å². The molecule has 0 aliphatic carbocycles. The van der Waals surface area contributed by atoms with Crippen LogP contribution in [0.3, 0.4) is 0 Å². The summed E-state index contributed by atoms with van der Waals surface area (Å²) in [4.78, 5) is 23.6. The predicted octanol–water partition coefficient (Wildman–Crippen LogP) is 1.93. The van der Waals surface area contributed by atoms with Crippen molar-refractivity contribution in [3.05, 3.63) is 47.8 Å². The topological polar surface area (TPSA) is 61.2 Å². The highest BCUT2D eigenvalue weighted by Crippen LogP contribution is 2.15. The fourth-order valence-corrected chi connectivity index (χ4v) is 1.72. The van der Waals surface area contributed by atoms with E-state index < -0.39 is 11.8 Å². The summed E-state index contributed by atoms with van der Waals surface area (Å²) in [6.07, 6.45) is 3.48. The molecule has 5 nitrogen and oxygen atoms in total. The second-order valence-electron chi connectivity index (χ2n) is 4.03. The van der Waals surface area contributed by atoms with Gasteiger partial charge in [0.2, 0.25) is 0 Å². The predicted molar refractivity (Wildman–Crippen MR) is 69.3 cm³/mol. The molecule has 2 rings (SSSR count). The van der Waals surface area contributed by atoms with Gasteiger partial charge < -0.3 is 4.74 Å². The van der Waals surface area contributed by atoms with E-state index in [0.717, 1.165) is 5.56 Å². The number of ether oxygens (including phenoxy) is 1. The van der Waals surface area contributed by atoms with Crippen molar-refractivity contribution in [1.82, 2.24) is 9.78 Å². The number of Topliss-reactive ketones (excluding diaryl/α,β-unsaturated/α-hetero) is 1. The molecule has 98 valence electrons. The van der Waals surface area contributed by atoms with Gasteiger partial charge in [0.1, 0.15) is 0 Å². The molecule has 0 fully saturated rings. The van der Waals surface area contributed by atoms with E-state index in [9.17, 15) is 9.59 Å². The monoisotopic (exact) mass is 258 g/mol. The first-order chi connectivity index (χ1) is 9.13. The van der Waals surface area contributed by atoms with E-state index in [4.69, 9.17) is 4.74 Å². The van der Waals surface area contributed by atoms with Crippen LogP contribution in [0.4, 0.5) is 0 Å². The van der Waals surface area contributed by atoms with Gasteiger partial charge in [-0.3, -0.25) is 4.79 Å². The summed E-state index contributed by atoms with van der Waals surface area (Å²) in [5, 5.41) is 4.15. The Hall–Kier alpha value is -2.43. The SMILES string of the molecule is CCOC(=O)C(=O)c1ccccc1-n1cc(C)cn1. The molecule has 1 aromatic carbocycles. The minimum absolute atomic E-state index is 0.174. The van der Waals surface area contributed by atoms with Gasteiger partial charge in [-0.15, -0.1) is 0 Å². The van der Waals surface area contributed by atoms with Crippen molar-refractivity contribution in [3.63, 3.8) is 0 Å². The highest BCUT2D eigenvalue weighted by atomic mass is 16.5. The highest BCUT2D eigenvalue weighted by Gasteiger charge is 2.21. The molecule has 19 heavy (non-hydrogen) atoms. The molecule has 0 aliphatic heterocycles. The van der Waals surface area contributed by atoms with Crippen LogP contribution in [0.1, 0.15) is 22.8 Å². The van der Waals surface area contributed by atoms with Gasteiger partial charge in [-0.2, -0.15) is 5.10 Å². The van der Waals surface area contributed by atoms with Crippen LogP contribution in [0.5, 0.6) is 0 Å². The molecule has 1 heterocycles. The van der Waals surface area contributed by atoms with Crippen molar-refractivity contribution in [2.75, 3.05) is 6.61 Å². The van der Waals surface area contributed by atoms with E-state index in [2.05, 4.69) is 5.10 Å². The molecule has 5 heteroatoms. The quantitative estimate of drug-likeness (QED) is 0.477. The molecule has 1 aromatic heterocycles. The van der Waals surface area contributed by atoms with E-state index >= 15 is 0 Å². The first-order valence-corrected chi connectivity index (χ1v) is 5.95. The summed E-state index contributed by atoms with van der Waals surface area (Å²) in [7, 11) is 0. The van der Waals surface area contributed by atoms with Gasteiger partial charge >= 0.3 is 5.97 Å². The Bertz CT molecular complexity index is 617. The number of hydrogen-bond acceptors (Lipinski definition) is 4. The minimum Gasteiger partial charge on any atom is -0.460 e. The lowest BCUT2D eigenvalue weighted by atomic mass is 10.1. The maximum absolute atomic E-state index is 12.0. The Morgan fingerprint density at radius 2 is 2.05 bits per heavy atom. The third kappa shape index (κ3) is 2.70. The zero-order valence-electron chi connectivity index (χ0n) is 10.8. The highest BCUT2D eigenvalue weighted by molar-refractivity contribution is 6.41. The van der Waals surface area contributed by atoms with Crippen molar-refractivity contribution < 1.29 is 14.3 Å². The average molecular weight is 258 g/mol. The summed E-state index contributed by atoms with van der Waals surface area (Å²) in [5.74, 6) is -1.51. The van der Waals surface area contributed by atoms with Crippen LogP contribution in [-0.4, -0.2) is 28.1 Å². The molecule has 0 radical (unpaired) electrons. The molecule has 2 aromatic rings. The number of carbonyl (C=O) groups is 2. The molecular formula is C14H14N2O3. The third-order valence-electron chi connectivity index (χ3n) is 2.57. The average Bonchev–Trinajstić information content (AvgIpc) is 2.85. The Balaban J connectivity index is 2.42. The summed E-state index contributed by atoms with van der Waals surface area (Å²) in [5.41, 5.74) is 1.82. The van der Waals surface area contributed by atoms with E-state index in [1.807, 2.05) is 6.92 Å². The van der Waals surface area contributed by atoms with Gasteiger partial charge in [0, 0.05) is 6.20 Å². The molecule has 0 saturated carbocycles. The number of para-hydroxylation sites is 1. The number of hydrogen-bond donors (Lipinski definition) is 0. The van der Waals surface area contributed by atoms with Crippen LogP contribution in [0, 0.1) is 6.92 Å². The van der Waals surface area contributed by atoms with Crippen LogP contribution in [0.15, 0.2) is 36.7 Å². The maximum atomic E-state index is 12.0. The van der Waals surface area contributed by atoms with E-state index in [-0.39, 0.29) is 12.2 Å². The zero-order chi connectivity index (χ0) is 13.8. The first kappa shape index (κ1) is 13.0. The van der Waals surface area contributed by atoms with E-state index in [0.29, 0.717) is 5.69 Å². The summed E-state index contributed by atoms with van der Waals surface area (Å²) < 4.78 is 6.31. The summed E-state index contributed by atoms with van der Waals surface area (Å²) >= 11 is 0. The number of benzene rings is 1. The molecule has 0 N–H and O–H groups in total. The molecule has 0 bridgehead atoms. The Kier molecular flexibility index (Phi) is 3.75. The molecule has 0 unspecified atom stereocenters. The fourth-order valence-electron chi connectivity index (χ4n) is 1.72. The van der Waals surface area contributed by atoms with E-state index in [1.165, 1.54) is 0 Å². The number of aromatic nitrogens is 2. The van der Waals surface area contributed by atoms with E-state index in [1.54, 1.807) is 48.3 Å². The summed E-state index contributed by atoms with van der Waals surface area (Å²) in [6, 6.07) is 6.81. The second-order valence-corrected chi connectivity index (χ2v) is 4.03. The maximum Gasteiger partial charge on any atom is 0.379 e. The smallest absolute Gasteiger partial charge is 0.379 e. The molecule has 0 saturated heterocycles. The number of esters is 1. The standard InChI is InChI=1S/C14H14N2O3/c1-3-19-14(18)13(17)11-6-4-5-7-12(11)16-9-10(2)8-15-16/h4-9H,3H2,1-2H3. The summed E-state index contributed by atoms with van der Waals surface area (Å²) in [6.45, 7) is 3.74. The Morgan fingerprint density at radius 1 is 1.32 bits per heavy atom. The van der Waals surface area contributed by atoms with Crippen LogP contribution in [0.25, 0.3) is 5.69 Å². The van der Waals surface area contributed by atoms with Gasteiger partial charge in [0.15, 0.2) is 0 Å². The number of ketones is 1. The van der Waals surface area contributed by atoms with Crippen LogP contribution in [-0.2, 0) is 9.53 Å². The van der Waals surface area contributed by atoms with Crippen LogP contribution in [0.2, 0.25) is 0 Å². The van der Waals surface area contributed by atoms with Gasteiger partial charge in [-0.05, 0) is 31.5 Å². The molecule has 0 atom stereocenters. The van der Waals surface area contributed by atoms with Crippen molar-refractivity contribution in [3.8, 4) is 5.69 Å². The molecular weight excluding hydrogens is 244 g/mol. The van der Waals surface area contributed by atoms with Gasteiger partial charge in [0.25, 0.3) is 5.78 Å². The first-order valence-electron chi connectivity index (χ1n) is 5.95. The normalized spacial score (nSPS) is 10.2. The molecule has 0 aliphatic rings. The van der Waals surface area contributed by atoms with Gasteiger partial charge in [-0.1, -0.05) is 12.1 Å². The number of nitrogens with zero attached hydrogens (tertiary/aromatic N) is 2. The lowest BCUT2D eigenvalue weighted by Gasteiger charge is -2.07. The number of carbonyl (C=O) groups excluding carboxylic acids is 2. The van der Waals surface area contributed by atoms with Crippen LogP contribution >= 0.6 is 0 Å². The zero-order valence-corrected chi connectivity index (χ0v) is 10.8. The van der Waals surface area contributed by atoms with Crippen molar-refractivity contribution in [1.29, 1.82) is 0 Å². The lowest BCUT2D eigenvalue weighted by Crippen LogP contribution is -2.19. The molecule has 0 amide bonds. The number of aryl methyl sites for hydroxylation is 1. The minimum atomic E-state index is -0.848. The second kappa shape index (κ2) is 5.48. The largest absolute Gasteiger partial charge is 0.460 e. The van der Waals surface area contributed by atoms with Gasteiger partial charge in [0.05, 0.1) is 24.1 Å². The van der Waals surface area contributed by atoms with Crippen LogP contribution < -0.4 is 0 Å². The number of rotatable bonds is 4. The van der Waals surface area contributed by atoms with Gasteiger partial charge in [-0.25, -0.2) is 9.48 Å². The van der Waals surface area contributed by atoms with Crippen molar-refractivity contribution >= 4 is 11.8 Å².